The highest BCUT2D eigenvalue weighted by Crippen LogP contribution is 2.48. The lowest BCUT2D eigenvalue weighted by Crippen LogP contribution is -2.50. The van der Waals surface area contributed by atoms with Gasteiger partial charge in [-0.25, -0.2) is 0 Å². The minimum Gasteiger partial charge on any atom is -0.389 e. The molecule has 0 aromatic rings. The zero-order valence-electron chi connectivity index (χ0n) is 12.1. The van der Waals surface area contributed by atoms with E-state index in [1.807, 2.05) is 0 Å². The summed E-state index contributed by atoms with van der Waals surface area (Å²) in [7, 11) is 0. The van der Waals surface area contributed by atoms with Crippen LogP contribution in [0.1, 0.15) is 66.2 Å². The van der Waals surface area contributed by atoms with Gasteiger partial charge in [-0.05, 0) is 55.3 Å². The molecule has 2 rings (SSSR count). The first-order valence-corrected chi connectivity index (χ1v) is 7.65. The molecule has 0 spiro atoms. The Kier molecular flexibility index (Phi) is 3.87. The molecule has 0 saturated heterocycles. The molecule has 0 bridgehead atoms. The summed E-state index contributed by atoms with van der Waals surface area (Å²) in [6.07, 6.45) is 7.43. The quantitative estimate of drug-likeness (QED) is 0.724. The average molecular weight is 238 g/mol. The third-order valence-electron chi connectivity index (χ3n) is 5.76. The summed E-state index contributed by atoms with van der Waals surface area (Å²) in [6.45, 7) is 9.34. The predicted molar refractivity (Wildman–Crippen MR) is 72.8 cm³/mol. The molecule has 0 aromatic carbocycles. The van der Waals surface area contributed by atoms with Gasteiger partial charge in [-0.1, -0.05) is 40.5 Å². The van der Waals surface area contributed by atoms with Crippen LogP contribution in [0.2, 0.25) is 0 Å². The van der Waals surface area contributed by atoms with Crippen molar-refractivity contribution in [2.75, 3.05) is 0 Å². The highest BCUT2D eigenvalue weighted by atomic mass is 16.3. The summed E-state index contributed by atoms with van der Waals surface area (Å²) in [5.41, 5.74) is -0.361. The molecule has 0 heterocycles. The molecular weight excluding hydrogens is 208 g/mol. The van der Waals surface area contributed by atoms with Gasteiger partial charge in [-0.15, -0.1) is 0 Å². The molecule has 2 saturated carbocycles. The molecule has 0 radical (unpaired) electrons. The lowest BCUT2D eigenvalue weighted by molar-refractivity contribution is -0.124. The molecule has 5 unspecified atom stereocenters. The standard InChI is InChI=1S/C16H30O/c1-11-8-12(2)10-15(9-11)16(17)7-5-6-13(3)14(16)4/h11-15,17H,5-10H2,1-4H3. The molecule has 0 aromatic heterocycles. The number of hydrogen-bond donors (Lipinski definition) is 1. The second-order valence-corrected chi connectivity index (χ2v) is 7.26. The van der Waals surface area contributed by atoms with Crippen LogP contribution in [0.15, 0.2) is 0 Å². The highest BCUT2D eigenvalue weighted by molar-refractivity contribution is 4.98. The van der Waals surface area contributed by atoms with Crippen molar-refractivity contribution in [1.29, 1.82) is 0 Å². The van der Waals surface area contributed by atoms with Gasteiger partial charge >= 0.3 is 0 Å². The largest absolute Gasteiger partial charge is 0.389 e. The lowest BCUT2D eigenvalue weighted by atomic mass is 9.59. The first-order chi connectivity index (χ1) is 7.93. The van der Waals surface area contributed by atoms with Gasteiger partial charge in [0.05, 0.1) is 5.60 Å². The van der Waals surface area contributed by atoms with E-state index in [-0.39, 0.29) is 5.60 Å². The van der Waals surface area contributed by atoms with Crippen LogP contribution in [-0.4, -0.2) is 10.7 Å². The van der Waals surface area contributed by atoms with E-state index in [9.17, 15) is 5.11 Å². The summed E-state index contributed by atoms with van der Waals surface area (Å²) < 4.78 is 0. The normalized spacial score (nSPS) is 52.4. The Balaban J connectivity index is 2.13. The topological polar surface area (TPSA) is 20.2 Å². The van der Waals surface area contributed by atoms with Crippen LogP contribution in [0, 0.1) is 29.6 Å². The average Bonchev–Trinajstić information content (AvgIpc) is 2.24. The van der Waals surface area contributed by atoms with Crippen molar-refractivity contribution >= 4 is 0 Å². The minimum absolute atomic E-state index is 0.361. The smallest absolute Gasteiger partial charge is 0.0703 e. The molecule has 17 heavy (non-hydrogen) atoms. The Hall–Kier alpha value is -0.0400. The van der Waals surface area contributed by atoms with E-state index in [1.54, 1.807) is 0 Å². The van der Waals surface area contributed by atoms with Crippen LogP contribution in [0.25, 0.3) is 0 Å². The van der Waals surface area contributed by atoms with Crippen LogP contribution in [0.4, 0.5) is 0 Å². The van der Waals surface area contributed by atoms with Crippen molar-refractivity contribution in [3.63, 3.8) is 0 Å². The maximum absolute atomic E-state index is 11.2. The summed E-state index contributed by atoms with van der Waals surface area (Å²) in [5, 5.41) is 11.2. The Morgan fingerprint density at radius 1 is 0.941 bits per heavy atom. The SMILES string of the molecule is CC1CC(C)CC(C2(O)CCCC(C)C2C)C1. The minimum atomic E-state index is -0.361. The van der Waals surface area contributed by atoms with E-state index < -0.39 is 0 Å². The van der Waals surface area contributed by atoms with E-state index in [1.165, 1.54) is 32.1 Å². The second kappa shape index (κ2) is 4.91. The molecular formula is C16H30O. The van der Waals surface area contributed by atoms with Crippen molar-refractivity contribution in [2.45, 2.75) is 71.8 Å². The van der Waals surface area contributed by atoms with Crippen LogP contribution in [-0.2, 0) is 0 Å². The highest BCUT2D eigenvalue weighted by Gasteiger charge is 2.47. The summed E-state index contributed by atoms with van der Waals surface area (Å²) in [6, 6.07) is 0. The van der Waals surface area contributed by atoms with E-state index in [4.69, 9.17) is 0 Å². The van der Waals surface area contributed by atoms with Gasteiger partial charge in [0.2, 0.25) is 0 Å². The molecule has 1 N–H and O–H groups in total. The van der Waals surface area contributed by atoms with Gasteiger partial charge < -0.3 is 5.11 Å². The van der Waals surface area contributed by atoms with E-state index in [0.29, 0.717) is 17.8 Å². The van der Waals surface area contributed by atoms with Gasteiger partial charge in [-0.2, -0.15) is 0 Å². The van der Waals surface area contributed by atoms with E-state index >= 15 is 0 Å². The van der Waals surface area contributed by atoms with Crippen molar-refractivity contribution in [3.8, 4) is 0 Å². The monoisotopic (exact) mass is 238 g/mol. The zero-order valence-corrected chi connectivity index (χ0v) is 12.1. The Labute approximate surface area is 107 Å². The zero-order chi connectivity index (χ0) is 12.6. The van der Waals surface area contributed by atoms with Crippen molar-refractivity contribution < 1.29 is 5.11 Å². The van der Waals surface area contributed by atoms with E-state index in [0.717, 1.165) is 18.3 Å². The fraction of sp³-hybridized carbons (Fsp3) is 1.00. The van der Waals surface area contributed by atoms with Gasteiger partial charge in [0.15, 0.2) is 0 Å². The van der Waals surface area contributed by atoms with Crippen LogP contribution in [0.3, 0.4) is 0 Å². The van der Waals surface area contributed by atoms with Crippen molar-refractivity contribution in [3.05, 3.63) is 0 Å². The molecule has 100 valence electrons. The third-order valence-corrected chi connectivity index (χ3v) is 5.76. The fourth-order valence-electron chi connectivity index (χ4n) is 4.61. The maximum atomic E-state index is 11.2. The van der Waals surface area contributed by atoms with Crippen LogP contribution < -0.4 is 0 Å². The summed E-state index contributed by atoms with van der Waals surface area (Å²) >= 11 is 0. The molecule has 5 atom stereocenters. The number of rotatable bonds is 1. The molecule has 0 amide bonds. The first kappa shape index (κ1) is 13.4. The Morgan fingerprint density at radius 3 is 2.12 bits per heavy atom. The third kappa shape index (κ3) is 2.54. The molecule has 2 aliphatic rings. The molecule has 2 aliphatic carbocycles. The number of aliphatic hydroxyl groups is 1. The van der Waals surface area contributed by atoms with Gasteiger partial charge in [-0.3, -0.25) is 0 Å². The molecule has 1 nitrogen and oxygen atoms in total. The maximum Gasteiger partial charge on any atom is 0.0703 e. The number of hydrogen-bond acceptors (Lipinski definition) is 1. The van der Waals surface area contributed by atoms with Gasteiger partial charge in [0.1, 0.15) is 0 Å². The predicted octanol–water partition coefficient (Wildman–Crippen LogP) is 4.25. The Morgan fingerprint density at radius 2 is 1.53 bits per heavy atom. The first-order valence-electron chi connectivity index (χ1n) is 7.65. The second-order valence-electron chi connectivity index (χ2n) is 7.26. The van der Waals surface area contributed by atoms with Crippen molar-refractivity contribution in [1.82, 2.24) is 0 Å². The van der Waals surface area contributed by atoms with Gasteiger partial charge in [0, 0.05) is 0 Å². The fourth-order valence-corrected chi connectivity index (χ4v) is 4.61. The summed E-state index contributed by atoms with van der Waals surface area (Å²) in [5.74, 6) is 3.34. The molecule has 0 aliphatic heterocycles. The Bertz CT molecular complexity index is 252. The van der Waals surface area contributed by atoms with Crippen LogP contribution >= 0.6 is 0 Å². The summed E-state index contributed by atoms with van der Waals surface area (Å²) in [4.78, 5) is 0. The lowest BCUT2D eigenvalue weighted by Gasteiger charge is -2.50. The van der Waals surface area contributed by atoms with Gasteiger partial charge in [0.25, 0.3) is 0 Å². The molecule has 2 fully saturated rings. The molecule has 1 heteroatoms. The van der Waals surface area contributed by atoms with Crippen LogP contribution in [0.5, 0.6) is 0 Å². The van der Waals surface area contributed by atoms with E-state index in [2.05, 4.69) is 27.7 Å². The van der Waals surface area contributed by atoms with Crippen molar-refractivity contribution in [2.24, 2.45) is 29.6 Å².